The summed E-state index contributed by atoms with van der Waals surface area (Å²) in [6.07, 6.45) is 3.98. The summed E-state index contributed by atoms with van der Waals surface area (Å²) in [5, 5.41) is 0.122. The summed E-state index contributed by atoms with van der Waals surface area (Å²) in [6, 6.07) is 27.1. The molecule has 0 radical (unpaired) electrons. The fraction of sp³-hybridized carbons (Fsp3) is 0.343. The molecule has 0 bridgehead atoms. The van der Waals surface area contributed by atoms with Crippen LogP contribution in [0.3, 0.4) is 0 Å². The largest absolute Gasteiger partial charge is 0.544 e. The van der Waals surface area contributed by atoms with Crippen LogP contribution < -0.4 is 4.43 Å². The average Bonchev–Trinajstić information content (AvgIpc) is 2.87. The molecule has 3 rings (SSSR count). The molecule has 0 atom stereocenters. The molecule has 3 aromatic rings. The minimum absolute atomic E-state index is 0.122. The van der Waals surface area contributed by atoms with E-state index < -0.39 is 13.9 Å². The van der Waals surface area contributed by atoms with Gasteiger partial charge >= 0.3 is 5.97 Å². The molecule has 5 heteroatoms. The molecule has 3 nitrogen and oxygen atoms in total. The van der Waals surface area contributed by atoms with Crippen molar-refractivity contribution < 1.29 is 14.0 Å². The molecule has 0 aliphatic carbocycles. The molecule has 0 fully saturated rings. The van der Waals surface area contributed by atoms with Crippen molar-refractivity contribution in [2.75, 3.05) is 5.88 Å². The third kappa shape index (κ3) is 8.71. The number of esters is 1. The summed E-state index contributed by atoms with van der Waals surface area (Å²) in [7, 11) is -1.95. The van der Waals surface area contributed by atoms with E-state index in [9.17, 15) is 4.79 Å². The first-order valence-electron chi connectivity index (χ1n) is 13.9. The molecule has 0 heterocycles. The summed E-state index contributed by atoms with van der Waals surface area (Å²) >= 11 is 6.35. The molecule has 0 aliphatic heterocycles. The molecule has 0 saturated carbocycles. The van der Waals surface area contributed by atoms with E-state index in [0.717, 1.165) is 40.0 Å². The summed E-state index contributed by atoms with van der Waals surface area (Å²) in [6.45, 7) is 16.9. The van der Waals surface area contributed by atoms with Crippen molar-refractivity contribution in [3.05, 3.63) is 107 Å². The number of hydrogen-bond donors (Lipinski definition) is 0. The van der Waals surface area contributed by atoms with Gasteiger partial charge in [0.1, 0.15) is 11.4 Å². The third-order valence-electron chi connectivity index (χ3n) is 7.11. The standard InChI is InChI=1S/C35H43ClO3Si/c1-34(2,3)38-32(37)23-16-26-14-17-28(18-15-26)33(31(24-25-36)27-12-10-9-11-13-27)29-19-21-30(22-20-29)39-40(7,8)35(4,5)6/h9-23H,24-25H2,1-8H3/b23-16+,33-31+. The molecule has 0 unspecified atom stereocenters. The predicted octanol–water partition coefficient (Wildman–Crippen LogP) is 10.0. The number of benzene rings is 3. The molecule has 3 aromatic carbocycles. The number of alkyl halides is 1. The molecular formula is C35H43ClO3Si. The maximum Gasteiger partial charge on any atom is 0.331 e. The van der Waals surface area contributed by atoms with Gasteiger partial charge in [-0.25, -0.2) is 4.79 Å². The number of carbonyl (C=O) groups excluding carboxylic acids is 1. The fourth-order valence-electron chi connectivity index (χ4n) is 4.06. The SMILES string of the molecule is CC(C)(C)OC(=O)/C=C/c1ccc(/C(=C(/CCCl)c2ccccc2)c2ccc(O[Si](C)(C)C(C)(C)C)cc2)cc1. The lowest BCUT2D eigenvalue weighted by molar-refractivity contribution is -0.148. The first-order chi connectivity index (χ1) is 18.7. The van der Waals surface area contributed by atoms with Gasteiger partial charge in [-0.15, -0.1) is 11.6 Å². The molecule has 0 amide bonds. The highest BCUT2D eigenvalue weighted by molar-refractivity contribution is 6.74. The number of ether oxygens (including phenoxy) is 1. The van der Waals surface area contributed by atoms with Gasteiger partial charge in [-0.1, -0.05) is 87.5 Å². The summed E-state index contributed by atoms with van der Waals surface area (Å²) in [5.74, 6) is 1.05. The van der Waals surface area contributed by atoms with Crippen LogP contribution in [0.25, 0.3) is 17.2 Å². The highest BCUT2D eigenvalue weighted by Crippen LogP contribution is 2.39. The van der Waals surface area contributed by atoms with Crippen LogP contribution in [0.2, 0.25) is 18.1 Å². The highest BCUT2D eigenvalue weighted by atomic mass is 35.5. The van der Waals surface area contributed by atoms with Crippen molar-refractivity contribution >= 4 is 43.1 Å². The maximum absolute atomic E-state index is 12.1. The molecule has 40 heavy (non-hydrogen) atoms. The van der Waals surface area contributed by atoms with E-state index in [1.54, 1.807) is 6.08 Å². The molecule has 0 aliphatic rings. The van der Waals surface area contributed by atoms with Crippen molar-refractivity contribution in [2.24, 2.45) is 0 Å². The monoisotopic (exact) mass is 574 g/mol. The topological polar surface area (TPSA) is 35.5 Å². The van der Waals surface area contributed by atoms with Crippen LogP contribution in [-0.2, 0) is 9.53 Å². The minimum Gasteiger partial charge on any atom is -0.544 e. The molecule has 212 valence electrons. The Labute approximate surface area is 247 Å². The molecule has 0 saturated heterocycles. The van der Waals surface area contributed by atoms with Crippen LogP contribution in [0, 0.1) is 0 Å². The Balaban J connectivity index is 2.04. The summed E-state index contributed by atoms with van der Waals surface area (Å²) in [5.41, 5.74) is 6.05. The van der Waals surface area contributed by atoms with Gasteiger partial charge in [0.25, 0.3) is 0 Å². The van der Waals surface area contributed by atoms with Crippen LogP contribution >= 0.6 is 11.6 Å². The van der Waals surface area contributed by atoms with Gasteiger partial charge in [-0.3, -0.25) is 0 Å². The van der Waals surface area contributed by atoms with Gasteiger partial charge in [-0.05, 0) is 96.9 Å². The molecule has 0 N–H and O–H groups in total. The fourth-order valence-corrected chi connectivity index (χ4v) is 5.28. The molecular weight excluding hydrogens is 532 g/mol. The molecule has 0 aromatic heterocycles. The zero-order valence-corrected chi connectivity index (χ0v) is 26.9. The summed E-state index contributed by atoms with van der Waals surface area (Å²) in [4.78, 5) is 12.1. The van der Waals surface area contributed by atoms with Crippen LogP contribution in [0.15, 0.2) is 84.9 Å². The third-order valence-corrected chi connectivity index (χ3v) is 11.7. The number of allylic oxidation sites excluding steroid dienone is 1. The van der Waals surface area contributed by atoms with Crippen molar-refractivity contribution in [3.8, 4) is 5.75 Å². The Morgan fingerprint density at radius 3 is 1.85 bits per heavy atom. The lowest BCUT2D eigenvalue weighted by atomic mass is 9.88. The normalized spacial score (nSPS) is 13.2. The molecule has 0 spiro atoms. The first kappa shape index (κ1) is 31.4. The van der Waals surface area contributed by atoms with E-state index in [0.29, 0.717) is 5.88 Å². The highest BCUT2D eigenvalue weighted by Gasteiger charge is 2.39. The quantitative estimate of drug-likeness (QED) is 0.0838. The van der Waals surface area contributed by atoms with Crippen LogP contribution in [0.4, 0.5) is 0 Å². The van der Waals surface area contributed by atoms with Crippen molar-refractivity contribution in [3.63, 3.8) is 0 Å². The number of hydrogen-bond acceptors (Lipinski definition) is 3. The Kier molecular flexibility index (Phi) is 10.3. The van der Waals surface area contributed by atoms with Crippen molar-refractivity contribution in [1.82, 2.24) is 0 Å². The van der Waals surface area contributed by atoms with Crippen molar-refractivity contribution in [2.45, 2.75) is 71.7 Å². The second-order valence-electron chi connectivity index (χ2n) is 12.5. The Morgan fingerprint density at radius 1 is 0.800 bits per heavy atom. The number of carbonyl (C=O) groups is 1. The lowest BCUT2D eigenvalue weighted by Crippen LogP contribution is -2.43. The van der Waals surface area contributed by atoms with Gasteiger partial charge in [0.15, 0.2) is 0 Å². The van der Waals surface area contributed by atoms with Crippen LogP contribution in [0.1, 0.15) is 70.2 Å². The smallest absolute Gasteiger partial charge is 0.331 e. The number of halogens is 1. The number of rotatable bonds is 9. The second kappa shape index (κ2) is 13.1. The van der Waals surface area contributed by atoms with E-state index >= 15 is 0 Å². The minimum atomic E-state index is -1.95. The zero-order valence-electron chi connectivity index (χ0n) is 25.2. The maximum atomic E-state index is 12.1. The van der Waals surface area contributed by atoms with E-state index in [4.69, 9.17) is 20.8 Å². The lowest BCUT2D eigenvalue weighted by Gasteiger charge is -2.36. The Bertz CT molecular complexity index is 1320. The van der Waals surface area contributed by atoms with Gasteiger partial charge in [0.2, 0.25) is 8.32 Å². The zero-order chi connectivity index (χ0) is 29.6. The Morgan fingerprint density at radius 2 is 1.35 bits per heavy atom. The summed E-state index contributed by atoms with van der Waals surface area (Å²) < 4.78 is 11.9. The average molecular weight is 575 g/mol. The van der Waals surface area contributed by atoms with E-state index in [1.165, 1.54) is 11.6 Å². The van der Waals surface area contributed by atoms with Crippen molar-refractivity contribution in [1.29, 1.82) is 0 Å². The van der Waals surface area contributed by atoms with E-state index in [2.05, 4.69) is 94.5 Å². The van der Waals surface area contributed by atoms with Gasteiger partial charge in [-0.2, -0.15) is 0 Å². The van der Waals surface area contributed by atoms with Gasteiger partial charge < -0.3 is 9.16 Å². The predicted molar refractivity (Wildman–Crippen MR) is 173 cm³/mol. The van der Waals surface area contributed by atoms with E-state index in [1.807, 2.05) is 39.0 Å². The first-order valence-corrected chi connectivity index (χ1v) is 17.3. The van der Waals surface area contributed by atoms with Gasteiger partial charge in [0, 0.05) is 12.0 Å². The Hall–Kier alpha value is -3.08. The second-order valence-corrected chi connectivity index (χ2v) is 17.6. The van der Waals surface area contributed by atoms with Crippen LogP contribution in [-0.4, -0.2) is 25.8 Å². The van der Waals surface area contributed by atoms with Crippen LogP contribution in [0.5, 0.6) is 5.75 Å². The van der Waals surface area contributed by atoms with Gasteiger partial charge in [0.05, 0.1) is 0 Å². The van der Waals surface area contributed by atoms with E-state index in [-0.39, 0.29) is 11.0 Å².